The first-order valence-electron chi connectivity index (χ1n) is 10.1. The fourth-order valence-electron chi connectivity index (χ4n) is 4.22. The summed E-state index contributed by atoms with van der Waals surface area (Å²) in [5.74, 6) is 0.0715. The molecular weight excluding hydrogens is 374 g/mol. The number of carbonyl (C=O) groups excluding carboxylic acids is 1. The van der Waals surface area contributed by atoms with Gasteiger partial charge in [-0.05, 0) is 23.6 Å². The lowest BCUT2D eigenvalue weighted by molar-refractivity contribution is -0.129. The van der Waals surface area contributed by atoms with Crippen LogP contribution < -0.4 is 5.56 Å². The normalized spacial score (nSPS) is 16.3. The molecule has 1 aliphatic heterocycles. The molecule has 1 unspecified atom stereocenters. The third kappa shape index (κ3) is 3.28. The number of carbonyl (C=O) groups is 1. The Hall–Kier alpha value is -3.73. The van der Waals surface area contributed by atoms with Crippen LogP contribution in [0.2, 0.25) is 0 Å². The van der Waals surface area contributed by atoms with Gasteiger partial charge in [0.1, 0.15) is 0 Å². The van der Waals surface area contributed by atoms with Gasteiger partial charge in [-0.3, -0.25) is 9.59 Å². The third-order valence-electron chi connectivity index (χ3n) is 5.80. The van der Waals surface area contributed by atoms with Crippen LogP contribution in [-0.4, -0.2) is 27.5 Å². The maximum Gasteiger partial charge on any atom is 0.272 e. The number of hydrogen-bond donors (Lipinski definition) is 1. The molecule has 1 saturated heterocycles. The molecule has 4 aromatic rings. The van der Waals surface area contributed by atoms with Crippen molar-refractivity contribution in [1.82, 2.24) is 15.1 Å². The highest BCUT2D eigenvalue weighted by molar-refractivity contribution is 5.93. The van der Waals surface area contributed by atoms with Crippen molar-refractivity contribution < 1.29 is 4.79 Å². The van der Waals surface area contributed by atoms with Gasteiger partial charge in [-0.25, -0.2) is 5.10 Å². The van der Waals surface area contributed by atoms with E-state index < -0.39 is 0 Å². The molecule has 5 rings (SSSR count). The van der Waals surface area contributed by atoms with Crippen LogP contribution in [0.15, 0.2) is 83.7 Å². The van der Waals surface area contributed by atoms with Crippen LogP contribution in [0.3, 0.4) is 0 Å². The van der Waals surface area contributed by atoms with E-state index in [0.717, 1.165) is 40.7 Å². The molecule has 30 heavy (non-hydrogen) atoms. The van der Waals surface area contributed by atoms with Gasteiger partial charge >= 0.3 is 0 Å². The molecule has 1 N–H and O–H groups in total. The van der Waals surface area contributed by atoms with Crippen LogP contribution in [0, 0.1) is 0 Å². The van der Waals surface area contributed by atoms with Crippen molar-refractivity contribution in [1.29, 1.82) is 0 Å². The second kappa shape index (κ2) is 7.59. The number of aromatic nitrogens is 2. The first-order valence-corrected chi connectivity index (χ1v) is 10.1. The average molecular weight is 395 g/mol. The highest BCUT2D eigenvalue weighted by Crippen LogP contribution is 2.32. The Labute approximate surface area is 174 Å². The lowest BCUT2D eigenvalue weighted by Crippen LogP contribution is -2.26. The van der Waals surface area contributed by atoms with Crippen LogP contribution in [0.4, 0.5) is 0 Å². The Morgan fingerprint density at radius 1 is 0.867 bits per heavy atom. The monoisotopic (exact) mass is 395 g/mol. The van der Waals surface area contributed by atoms with Crippen molar-refractivity contribution in [2.24, 2.45) is 0 Å². The number of likely N-dealkylation sites (tertiary alicyclic amines) is 1. The van der Waals surface area contributed by atoms with E-state index in [4.69, 9.17) is 0 Å². The zero-order valence-corrected chi connectivity index (χ0v) is 16.4. The summed E-state index contributed by atoms with van der Waals surface area (Å²) in [6.07, 6.45) is 0.824. The molecule has 5 heteroatoms. The minimum absolute atomic E-state index is 0.108. The Morgan fingerprint density at radius 2 is 1.57 bits per heavy atom. The van der Waals surface area contributed by atoms with Gasteiger partial charge in [0.25, 0.3) is 5.56 Å². The van der Waals surface area contributed by atoms with E-state index in [-0.39, 0.29) is 17.4 Å². The Bertz CT molecular complexity index is 1260. The van der Waals surface area contributed by atoms with Gasteiger partial charge in [0.2, 0.25) is 5.91 Å². The van der Waals surface area contributed by atoms with E-state index in [1.807, 2.05) is 65.6 Å². The predicted octanol–water partition coefficient (Wildman–Crippen LogP) is 4.11. The number of hydrogen-bond acceptors (Lipinski definition) is 3. The number of H-pyrrole nitrogens is 1. The summed E-state index contributed by atoms with van der Waals surface area (Å²) in [4.78, 5) is 26.9. The van der Waals surface area contributed by atoms with Crippen LogP contribution in [0.5, 0.6) is 0 Å². The van der Waals surface area contributed by atoms with Gasteiger partial charge in [0, 0.05) is 24.0 Å². The topological polar surface area (TPSA) is 66.1 Å². The van der Waals surface area contributed by atoms with E-state index in [1.165, 1.54) is 0 Å². The fraction of sp³-hybridized carbons (Fsp3) is 0.160. The SMILES string of the molecule is O=C1C(c2ccc(-c3n[nH]c(=O)c4ccccc34)cc2)CCN1Cc1ccccc1. The molecule has 0 aliphatic carbocycles. The Balaban J connectivity index is 1.39. The molecule has 3 aromatic carbocycles. The summed E-state index contributed by atoms with van der Waals surface area (Å²) in [6, 6.07) is 25.5. The van der Waals surface area contributed by atoms with Crippen LogP contribution in [0.25, 0.3) is 22.0 Å². The van der Waals surface area contributed by atoms with Crippen LogP contribution >= 0.6 is 0 Å². The summed E-state index contributed by atoms with van der Waals surface area (Å²) in [5.41, 5.74) is 3.63. The molecule has 0 saturated carbocycles. The summed E-state index contributed by atoms with van der Waals surface area (Å²) >= 11 is 0. The van der Waals surface area contributed by atoms with Crippen LogP contribution in [-0.2, 0) is 11.3 Å². The number of rotatable bonds is 4. The molecule has 0 spiro atoms. The molecule has 0 radical (unpaired) electrons. The number of amides is 1. The minimum atomic E-state index is -0.193. The van der Waals surface area contributed by atoms with Gasteiger partial charge in [-0.15, -0.1) is 0 Å². The van der Waals surface area contributed by atoms with Gasteiger partial charge in [-0.1, -0.05) is 72.8 Å². The Morgan fingerprint density at radius 3 is 2.33 bits per heavy atom. The maximum absolute atomic E-state index is 13.0. The molecule has 1 aliphatic rings. The van der Waals surface area contributed by atoms with Crippen molar-refractivity contribution in [3.05, 3.63) is 100 Å². The van der Waals surface area contributed by atoms with Gasteiger partial charge in [0.15, 0.2) is 0 Å². The van der Waals surface area contributed by atoms with Crippen molar-refractivity contribution in [3.63, 3.8) is 0 Å². The summed E-state index contributed by atoms with van der Waals surface area (Å²) in [6.45, 7) is 1.42. The van der Waals surface area contributed by atoms with E-state index in [1.54, 1.807) is 6.07 Å². The van der Waals surface area contributed by atoms with Gasteiger partial charge in [-0.2, -0.15) is 5.10 Å². The third-order valence-corrected chi connectivity index (χ3v) is 5.80. The second-order valence-electron chi connectivity index (χ2n) is 7.66. The van der Waals surface area contributed by atoms with Crippen molar-refractivity contribution in [2.75, 3.05) is 6.54 Å². The van der Waals surface area contributed by atoms with E-state index >= 15 is 0 Å². The largest absolute Gasteiger partial charge is 0.338 e. The number of fused-ring (bicyclic) bond motifs is 1. The molecule has 148 valence electrons. The number of benzene rings is 3. The average Bonchev–Trinajstić information content (AvgIpc) is 3.15. The zero-order chi connectivity index (χ0) is 20.5. The first-order chi connectivity index (χ1) is 14.7. The van der Waals surface area contributed by atoms with Crippen molar-refractivity contribution in [2.45, 2.75) is 18.9 Å². The van der Waals surface area contributed by atoms with Crippen LogP contribution in [0.1, 0.15) is 23.5 Å². The van der Waals surface area contributed by atoms with E-state index in [9.17, 15) is 9.59 Å². The standard InChI is InChI=1S/C25H21N3O2/c29-24-22-9-5-4-8-21(22)23(26-27-24)19-12-10-18(11-13-19)20-14-15-28(25(20)30)16-17-6-2-1-3-7-17/h1-13,20H,14-16H2,(H,27,29). The summed E-state index contributed by atoms with van der Waals surface area (Å²) in [5, 5.41) is 8.28. The molecule has 2 heterocycles. The second-order valence-corrected chi connectivity index (χ2v) is 7.66. The first kappa shape index (κ1) is 18.3. The zero-order valence-electron chi connectivity index (χ0n) is 16.4. The highest BCUT2D eigenvalue weighted by atomic mass is 16.2. The van der Waals surface area contributed by atoms with Gasteiger partial charge in [0.05, 0.1) is 17.0 Å². The molecule has 1 amide bonds. The number of nitrogens with zero attached hydrogens (tertiary/aromatic N) is 2. The summed E-state index contributed by atoms with van der Waals surface area (Å²) in [7, 11) is 0. The number of aromatic amines is 1. The molecular formula is C25H21N3O2. The summed E-state index contributed by atoms with van der Waals surface area (Å²) < 4.78 is 0. The van der Waals surface area contributed by atoms with Crippen molar-refractivity contribution >= 4 is 16.7 Å². The van der Waals surface area contributed by atoms with E-state index in [0.29, 0.717) is 11.9 Å². The predicted molar refractivity (Wildman–Crippen MR) is 117 cm³/mol. The Kier molecular flexibility index (Phi) is 4.64. The molecule has 5 nitrogen and oxygen atoms in total. The highest BCUT2D eigenvalue weighted by Gasteiger charge is 2.32. The molecule has 1 fully saturated rings. The quantitative estimate of drug-likeness (QED) is 0.566. The van der Waals surface area contributed by atoms with E-state index in [2.05, 4.69) is 22.3 Å². The van der Waals surface area contributed by atoms with Gasteiger partial charge < -0.3 is 4.90 Å². The lowest BCUT2D eigenvalue weighted by atomic mass is 9.95. The fourth-order valence-corrected chi connectivity index (χ4v) is 4.22. The minimum Gasteiger partial charge on any atom is -0.338 e. The number of nitrogens with one attached hydrogen (secondary N) is 1. The molecule has 0 bridgehead atoms. The molecule has 1 aromatic heterocycles. The maximum atomic E-state index is 13.0. The smallest absolute Gasteiger partial charge is 0.272 e. The lowest BCUT2D eigenvalue weighted by Gasteiger charge is -2.17. The van der Waals surface area contributed by atoms with Crippen molar-refractivity contribution in [3.8, 4) is 11.3 Å². The molecule has 1 atom stereocenters.